The van der Waals surface area contributed by atoms with Gasteiger partial charge in [-0.25, -0.2) is 0 Å². The van der Waals surface area contributed by atoms with E-state index < -0.39 is 0 Å². The van der Waals surface area contributed by atoms with Gasteiger partial charge in [-0.05, 0) is 30.9 Å². The lowest BCUT2D eigenvalue weighted by atomic mass is 9.99. The van der Waals surface area contributed by atoms with Gasteiger partial charge in [-0.15, -0.1) is 0 Å². The summed E-state index contributed by atoms with van der Waals surface area (Å²) in [6, 6.07) is 8.64. The standard InChI is InChI=1S/C18H24N4O2/c19-14-5-3-4-13(14)12-17(23)21-8-10-22(11-9-21)18-20-15-6-1-2-7-16(15)24-18/h1-2,6-7,13-14H,3-5,8-12,19H2/t13-,14+/m0/s1. The number of nitrogens with zero attached hydrogens (tertiary/aromatic N) is 3. The molecule has 0 radical (unpaired) electrons. The monoisotopic (exact) mass is 328 g/mol. The smallest absolute Gasteiger partial charge is 0.298 e. The first-order chi connectivity index (χ1) is 11.7. The fourth-order valence-electron chi connectivity index (χ4n) is 3.81. The van der Waals surface area contributed by atoms with Crippen LogP contribution in [-0.4, -0.2) is 48.0 Å². The molecule has 128 valence electrons. The van der Waals surface area contributed by atoms with Gasteiger partial charge in [0, 0.05) is 38.6 Å². The molecule has 1 amide bonds. The summed E-state index contributed by atoms with van der Waals surface area (Å²) in [5.74, 6) is 0.613. The first-order valence-corrected chi connectivity index (χ1v) is 8.84. The van der Waals surface area contributed by atoms with Crippen molar-refractivity contribution in [2.45, 2.75) is 31.7 Å². The Bertz CT molecular complexity index is 688. The lowest BCUT2D eigenvalue weighted by Crippen LogP contribution is -2.49. The van der Waals surface area contributed by atoms with Crippen LogP contribution in [0.1, 0.15) is 25.7 Å². The van der Waals surface area contributed by atoms with Gasteiger partial charge in [0.25, 0.3) is 6.01 Å². The van der Waals surface area contributed by atoms with Gasteiger partial charge in [0.2, 0.25) is 5.91 Å². The van der Waals surface area contributed by atoms with Crippen molar-refractivity contribution in [3.63, 3.8) is 0 Å². The zero-order valence-corrected chi connectivity index (χ0v) is 13.9. The van der Waals surface area contributed by atoms with E-state index in [1.165, 1.54) is 0 Å². The third kappa shape index (κ3) is 2.98. The molecule has 1 saturated heterocycles. The predicted octanol–water partition coefficient (Wildman–Crippen LogP) is 1.99. The number of para-hydroxylation sites is 2. The number of rotatable bonds is 3. The summed E-state index contributed by atoms with van der Waals surface area (Å²) in [5.41, 5.74) is 7.77. The Labute approximate surface area is 141 Å². The van der Waals surface area contributed by atoms with Crippen LogP contribution >= 0.6 is 0 Å². The number of piperazine rings is 1. The van der Waals surface area contributed by atoms with E-state index >= 15 is 0 Å². The van der Waals surface area contributed by atoms with Gasteiger partial charge >= 0.3 is 0 Å². The zero-order valence-electron chi connectivity index (χ0n) is 13.9. The van der Waals surface area contributed by atoms with Crippen molar-refractivity contribution in [1.29, 1.82) is 0 Å². The van der Waals surface area contributed by atoms with Crippen LogP contribution in [-0.2, 0) is 4.79 Å². The van der Waals surface area contributed by atoms with Gasteiger partial charge in [-0.3, -0.25) is 4.79 Å². The SMILES string of the molecule is N[C@@H]1CCC[C@H]1CC(=O)N1CCN(c2nc3ccccc3o2)CC1. The Morgan fingerprint density at radius 3 is 2.71 bits per heavy atom. The maximum atomic E-state index is 12.5. The third-order valence-corrected chi connectivity index (χ3v) is 5.34. The molecule has 2 N–H and O–H groups in total. The second kappa shape index (κ2) is 6.43. The average Bonchev–Trinajstić information content (AvgIpc) is 3.21. The summed E-state index contributed by atoms with van der Waals surface area (Å²) in [4.78, 5) is 21.1. The molecule has 0 spiro atoms. The maximum Gasteiger partial charge on any atom is 0.298 e. The number of carbonyl (C=O) groups excluding carboxylic acids is 1. The van der Waals surface area contributed by atoms with Gasteiger partial charge in [0.1, 0.15) is 5.52 Å². The number of anilines is 1. The number of aromatic nitrogens is 1. The van der Waals surface area contributed by atoms with Crippen LogP contribution in [0.5, 0.6) is 0 Å². The van der Waals surface area contributed by atoms with Crippen LogP contribution < -0.4 is 10.6 Å². The summed E-state index contributed by atoms with van der Waals surface area (Å²) in [7, 11) is 0. The highest BCUT2D eigenvalue weighted by Gasteiger charge is 2.30. The van der Waals surface area contributed by atoms with Gasteiger partial charge in [0.15, 0.2) is 5.58 Å². The highest BCUT2D eigenvalue weighted by Crippen LogP contribution is 2.28. The number of carbonyl (C=O) groups is 1. The van der Waals surface area contributed by atoms with E-state index in [0.29, 0.717) is 18.4 Å². The summed E-state index contributed by atoms with van der Waals surface area (Å²) in [6.07, 6.45) is 3.91. The molecule has 1 aliphatic heterocycles. The zero-order chi connectivity index (χ0) is 16.5. The Kier molecular flexibility index (Phi) is 4.14. The molecule has 0 unspecified atom stereocenters. The van der Waals surface area contributed by atoms with Crippen molar-refractivity contribution in [2.75, 3.05) is 31.1 Å². The minimum Gasteiger partial charge on any atom is -0.423 e. The van der Waals surface area contributed by atoms with Gasteiger partial charge in [-0.1, -0.05) is 18.6 Å². The van der Waals surface area contributed by atoms with E-state index in [-0.39, 0.29) is 11.9 Å². The Hall–Kier alpha value is -2.08. The second-order valence-corrected chi connectivity index (χ2v) is 6.89. The first kappa shape index (κ1) is 15.4. The predicted molar refractivity (Wildman–Crippen MR) is 92.7 cm³/mol. The number of oxazole rings is 1. The molecule has 2 heterocycles. The van der Waals surface area contributed by atoms with Crippen molar-refractivity contribution in [3.05, 3.63) is 24.3 Å². The molecule has 1 aromatic carbocycles. The lowest BCUT2D eigenvalue weighted by Gasteiger charge is -2.34. The van der Waals surface area contributed by atoms with Gasteiger partial charge in [-0.2, -0.15) is 4.98 Å². The van der Waals surface area contributed by atoms with Crippen LogP contribution in [0, 0.1) is 5.92 Å². The number of amides is 1. The van der Waals surface area contributed by atoms with E-state index in [4.69, 9.17) is 10.2 Å². The fraction of sp³-hybridized carbons (Fsp3) is 0.556. The van der Waals surface area contributed by atoms with Crippen molar-refractivity contribution in [2.24, 2.45) is 11.7 Å². The average molecular weight is 328 g/mol. The molecule has 1 aromatic heterocycles. The quantitative estimate of drug-likeness (QED) is 0.932. The molecule has 24 heavy (non-hydrogen) atoms. The molecular formula is C18H24N4O2. The second-order valence-electron chi connectivity index (χ2n) is 6.89. The Morgan fingerprint density at radius 1 is 1.21 bits per heavy atom. The van der Waals surface area contributed by atoms with Crippen LogP contribution in [0.2, 0.25) is 0 Å². The minimum absolute atomic E-state index is 0.204. The molecule has 2 atom stereocenters. The van der Waals surface area contributed by atoms with E-state index in [2.05, 4.69) is 9.88 Å². The summed E-state index contributed by atoms with van der Waals surface area (Å²) < 4.78 is 5.82. The number of nitrogens with two attached hydrogens (primary N) is 1. The van der Waals surface area contributed by atoms with Gasteiger partial charge in [0.05, 0.1) is 0 Å². The molecule has 2 aromatic rings. The molecule has 6 heteroatoms. The van der Waals surface area contributed by atoms with Crippen molar-refractivity contribution in [1.82, 2.24) is 9.88 Å². The molecular weight excluding hydrogens is 304 g/mol. The molecule has 0 bridgehead atoms. The summed E-state index contributed by atoms with van der Waals surface area (Å²) in [6.45, 7) is 2.96. The van der Waals surface area contributed by atoms with Crippen molar-refractivity contribution in [3.8, 4) is 0 Å². The summed E-state index contributed by atoms with van der Waals surface area (Å²) in [5, 5.41) is 0. The molecule has 1 aliphatic carbocycles. The van der Waals surface area contributed by atoms with E-state index in [1.54, 1.807) is 0 Å². The maximum absolute atomic E-state index is 12.5. The fourth-order valence-corrected chi connectivity index (χ4v) is 3.81. The highest BCUT2D eigenvalue weighted by molar-refractivity contribution is 5.77. The van der Waals surface area contributed by atoms with Crippen LogP contribution in [0.15, 0.2) is 28.7 Å². The number of hydrogen-bond donors (Lipinski definition) is 1. The Balaban J connectivity index is 1.35. The van der Waals surface area contributed by atoms with Crippen molar-refractivity contribution < 1.29 is 9.21 Å². The summed E-state index contributed by atoms with van der Waals surface area (Å²) >= 11 is 0. The molecule has 4 rings (SSSR count). The first-order valence-electron chi connectivity index (χ1n) is 8.84. The molecule has 6 nitrogen and oxygen atoms in total. The third-order valence-electron chi connectivity index (χ3n) is 5.34. The van der Waals surface area contributed by atoms with Crippen LogP contribution in [0.3, 0.4) is 0 Å². The molecule has 2 aliphatic rings. The lowest BCUT2D eigenvalue weighted by molar-refractivity contribution is -0.132. The normalized spacial score (nSPS) is 24.7. The number of hydrogen-bond acceptors (Lipinski definition) is 5. The van der Waals surface area contributed by atoms with Crippen LogP contribution in [0.25, 0.3) is 11.1 Å². The Morgan fingerprint density at radius 2 is 2.00 bits per heavy atom. The van der Waals surface area contributed by atoms with Crippen molar-refractivity contribution >= 4 is 23.0 Å². The van der Waals surface area contributed by atoms with E-state index in [9.17, 15) is 4.79 Å². The molecule has 1 saturated carbocycles. The van der Waals surface area contributed by atoms with E-state index in [1.807, 2.05) is 29.2 Å². The number of benzene rings is 1. The topological polar surface area (TPSA) is 75.6 Å². The highest BCUT2D eigenvalue weighted by atomic mass is 16.4. The van der Waals surface area contributed by atoms with E-state index in [0.717, 1.165) is 56.5 Å². The minimum atomic E-state index is 0.204. The van der Waals surface area contributed by atoms with Gasteiger partial charge < -0.3 is 20.0 Å². The molecule has 2 fully saturated rings. The largest absolute Gasteiger partial charge is 0.423 e. The number of fused-ring (bicyclic) bond motifs is 1. The van der Waals surface area contributed by atoms with Crippen LogP contribution in [0.4, 0.5) is 6.01 Å².